The second-order valence-electron chi connectivity index (χ2n) is 13.3. The average molecular weight is 643 g/mol. The summed E-state index contributed by atoms with van der Waals surface area (Å²) < 4.78 is 36.2. The van der Waals surface area contributed by atoms with Crippen molar-refractivity contribution >= 4 is 27.6 Å². The molecule has 1 atom stereocenters. The van der Waals surface area contributed by atoms with Gasteiger partial charge in [0.05, 0.1) is 40.8 Å². The van der Waals surface area contributed by atoms with E-state index in [9.17, 15) is 13.2 Å². The molecule has 1 aliphatic heterocycles. The van der Waals surface area contributed by atoms with Crippen molar-refractivity contribution in [1.82, 2.24) is 19.9 Å². The number of sulfonamides is 1. The van der Waals surface area contributed by atoms with E-state index in [1.165, 1.54) is 12.1 Å². The third kappa shape index (κ3) is 7.31. The van der Waals surface area contributed by atoms with E-state index in [1.807, 2.05) is 64.0 Å². The minimum absolute atomic E-state index is 0.0712. The van der Waals surface area contributed by atoms with E-state index in [-0.39, 0.29) is 46.8 Å². The number of benzene rings is 2. The zero-order chi connectivity index (χ0) is 33.4. The molecule has 0 saturated heterocycles. The first-order chi connectivity index (χ1) is 21.6. The summed E-state index contributed by atoms with van der Waals surface area (Å²) in [6, 6.07) is 15.3. The van der Waals surface area contributed by atoms with Gasteiger partial charge in [0.1, 0.15) is 6.61 Å². The van der Waals surface area contributed by atoms with Crippen molar-refractivity contribution in [1.29, 1.82) is 0 Å². The number of aryl methyl sites for hydroxylation is 3. The quantitative estimate of drug-likeness (QED) is 0.275. The topological polar surface area (TPSA) is 118 Å². The molecule has 46 heavy (non-hydrogen) atoms. The number of nitrogens with zero attached hydrogens (tertiary/aromatic N) is 5. The summed E-state index contributed by atoms with van der Waals surface area (Å²) in [7, 11) is -0.250. The number of hydrogen-bond acceptors (Lipinski definition) is 8. The standard InChI is InChI=1S/C35H42N6O4S/c1-22-11-9-12-23(2)32(22)29-17-31-38-34(37-29)39-46(43,44)28-14-10-13-25(16-28)33(42)41(27(21-45-31)18-35(4,5)6)20-30-24(3)15-26(19-36-30)40(7)8/h9-17,19,27H,18,20-21H2,1-8H3,(H,37,38,39)/t27-/m1/s1. The van der Waals surface area contributed by atoms with Gasteiger partial charge in [-0.3, -0.25) is 9.78 Å². The van der Waals surface area contributed by atoms with Gasteiger partial charge >= 0.3 is 0 Å². The maximum atomic E-state index is 14.4. The van der Waals surface area contributed by atoms with Crippen LogP contribution in [0.4, 0.5) is 11.6 Å². The molecule has 1 N–H and O–H groups in total. The Morgan fingerprint density at radius 3 is 2.33 bits per heavy atom. The summed E-state index contributed by atoms with van der Waals surface area (Å²) in [5.74, 6) is -0.232. The first-order valence-corrected chi connectivity index (χ1v) is 16.7. The molecule has 3 heterocycles. The van der Waals surface area contributed by atoms with Crippen LogP contribution in [0.25, 0.3) is 11.3 Å². The molecule has 242 valence electrons. The number of amides is 1. The molecule has 4 bridgehead atoms. The summed E-state index contributed by atoms with van der Waals surface area (Å²) in [6.45, 7) is 12.6. The summed E-state index contributed by atoms with van der Waals surface area (Å²) in [5.41, 5.74) is 6.07. The van der Waals surface area contributed by atoms with Crippen LogP contribution in [0.15, 0.2) is 65.7 Å². The second-order valence-corrected chi connectivity index (χ2v) is 15.0. The molecule has 0 unspecified atom stereocenters. The van der Waals surface area contributed by atoms with E-state index in [2.05, 4.69) is 35.5 Å². The molecule has 11 heteroatoms. The van der Waals surface area contributed by atoms with Crippen molar-refractivity contribution in [2.75, 3.05) is 30.3 Å². The van der Waals surface area contributed by atoms with Crippen molar-refractivity contribution in [3.63, 3.8) is 0 Å². The number of anilines is 2. The third-order valence-electron chi connectivity index (χ3n) is 8.04. The van der Waals surface area contributed by atoms with Crippen LogP contribution < -0.4 is 14.4 Å². The van der Waals surface area contributed by atoms with Gasteiger partial charge in [0, 0.05) is 31.3 Å². The highest BCUT2D eigenvalue weighted by molar-refractivity contribution is 7.92. The Balaban J connectivity index is 1.68. The highest BCUT2D eigenvalue weighted by Gasteiger charge is 2.32. The van der Waals surface area contributed by atoms with Gasteiger partial charge in [-0.25, -0.2) is 18.1 Å². The lowest BCUT2D eigenvalue weighted by Gasteiger charge is -2.36. The Labute approximate surface area is 271 Å². The molecule has 5 rings (SSSR count). The van der Waals surface area contributed by atoms with Gasteiger partial charge in [-0.1, -0.05) is 45.0 Å². The fourth-order valence-electron chi connectivity index (χ4n) is 5.71. The number of carbonyl (C=O) groups is 1. The molecule has 10 nitrogen and oxygen atoms in total. The number of carbonyl (C=O) groups excluding carboxylic acids is 1. The predicted molar refractivity (Wildman–Crippen MR) is 181 cm³/mol. The van der Waals surface area contributed by atoms with Gasteiger partial charge in [0.25, 0.3) is 15.9 Å². The lowest BCUT2D eigenvalue weighted by molar-refractivity contribution is 0.0509. The van der Waals surface area contributed by atoms with Gasteiger partial charge in [0.2, 0.25) is 11.8 Å². The maximum Gasteiger partial charge on any atom is 0.264 e. The minimum atomic E-state index is -4.16. The Kier molecular flexibility index (Phi) is 9.08. The van der Waals surface area contributed by atoms with Crippen molar-refractivity contribution < 1.29 is 17.9 Å². The number of fused-ring (bicyclic) bond motifs is 4. The SMILES string of the molecule is Cc1cc(N(C)C)cnc1CN1C(=O)c2cccc(c2)S(=O)(=O)Nc2nc(cc(-c3c(C)cccc3C)n2)OC[C@H]1CC(C)(C)C. The number of ether oxygens (including phenoxy) is 1. The van der Waals surface area contributed by atoms with Gasteiger partial charge in [-0.2, -0.15) is 4.98 Å². The molecule has 2 aromatic heterocycles. The summed E-state index contributed by atoms with van der Waals surface area (Å²) >= 11 is 0. The van der Waals surface area contributed by atoms with Gasteiger partial charge in [0.15, 0.2) is 0 Å². The van der Waals surface area contributed by atoms with Gasteiger partial charge in [-0.05, 0) is 73.6 Å². The van der Waals surface area contributed by atoms with E-state index in [4.69, 9.17) is 9.72 Å². The Hall–Kier alpha value is -4.51. The molecular formula is C35H42N6O4S. The Morgan fingerprint density at radius 2 is 1.67 bits per heavy atom. The third-order valence-corrected chi connectivity index (χ3v) is 9.36. The van der Waals surface area contributed by atoms with E-state index in [1.54, 1.807) is 29.3 Å². The van der Waals surface area contributed by atoms with Gasteiger partial charge < -0.3 is 14.5 Å². The first-order valence-electron chi connectivity index (χ1n) is 15.3. The first kappa shape index (κ1) is 32.9. The fraction of sp³-hybridized carbons (Fsp3) is 0.371. The van der Waals surface area contributed by atoms with Crippen LogP contribution in [0, 0.1) is 26.2 Å². The lowest BCUT2D eigenvalue weighted by Crippen LogP contribution is -2.45. The molecule has 0 saturated carbocycles. The van der Waals surface area contributed by atoms with Crippen molar-refractivity contribution in [3.8, 4) is 17.1 Å². The summed E-state index contributed by atoms with van der Waals surface area (Å²) in [5, 5.41) is 0. The van der Waals surface area contributed by atoms with Crippen LogP contribution >= 0.6 is 0 Å². The molecule has 1 aliphatic rings. The van der Waals surface area contributed by atoms with E-state index >= 15 is 0 Å². The predicted octanol–water partition coefficient (Wildman–Crippen LogP) is 6.17. The number of rotatable bonds is 5. The van der Waals surface area contributed by atoms with E-state index < -0.39 is 16.1 Å². The average Bonchev–Trinajstić information content (AvgIpc) is 2.97. The zero-order valence-electron chi connectivity index (χ0n) is 27.7. The minimum Gasteiger partial charge on any atom is -0.475 e. The van der Waals surface area contributed by atoms with Crippen LogP contribution in [0.1, 0.15) is 59.9 Å². The van der Waals surface area contributed by atoms with Gasteiger partial charge in [-0.15, -0.1) is 0 Å². The smallest absolute Gasteiger partial charge is 0.264 e. The summed E-state index contributed by atoms with van der Waals surface area (Å²) in [4.78, 5) is 31.9. The van der Waals surface area contributed by atoms with Crippen LogP contribution in [0.5, 0.6) is 5.88 Å². The Morgan fingerprint density at radius 1 is 0.978 bits per heavy atom. The summed E-state index contributed by atoms with van der Waals surface area (Å²) in [6.07, 6.45) is 2.39. The maximum absolute atomic E-state index is 14.4. The Bertz CT molecular complexity index is 1860. The van der Waals surface area contributed by atoms with E-state index in [0.29, 0.717) is 12.1 Å². The number of pyridine rings is 1. The zero-order valence-corrected chi connectivity index (χ0v) is 28.6. The largest absolute Gasteiger partial charge is 0.475 e. The monoisotopic (exact) mass is 642 g/mol. The van der Waals surface area contributed by atoms with Crippen molar-refractivity contribution in [2.24, 2.45) is 5.41 Å². The molecule has 0 fully saturated rings. The molecule has 1 amide bonds. The lowest BCUT2D eigenvalue weighted by atomic mass is 9.87. The number of nitrogens with one attached hydrogen (secondary N) is 1. The van der Waals surface area contributed by atoms with Crippen LogP contribution in [-0.4, -0.2) is 60.9 Å². The number of hydrogen-bond donors (Lipinski definition) is 1. The van der Waals surface area contributed by atoms with Crippen molar-refractivity contribution in [2.45, 2.75) is 65.4 Å². The second kappa shape index (κ2) is 12.7. The molecule has 4 aromatic rings. The molecule has 0 spiro atoms. The molecule has 2 aromatic carbocycles. The fourth-order valence-corrected chi connectivity index (χ4v) is 6.70. The van der Waals surface area contributed by atoms with E-state index in [0.717, 1.165) is 33.6 Å². The van der Waals surface area contributed by atoms with Crippen molar-refractivity contribution in [3.05, 3.63) is 88.7 Å². The molecule has 0 radical (unpaired) electrons. The highest BCUT2D eigenvalue weighted by atomic mass is 32.2. The highest BCUT2D eigenvalue weighted by Crippen LogP contribution is 2.32. The molecular weight excluding hydrogens is 600 g/mol. The molecule has 0 aliphatic carbocycles. The van der Waals surface area contributed by atoms with Crippen LogP contribution in [-0.2, 0) is 16.6 Å². The number of aromatic nitrogens is 3. The van der Waals surface area contributed by atoms with Crippen LogP contribution in [0.2, 0.25) is 0 Å². The van der Waals surface area contributed by atoms with Crippen LogP contribution in [0.3, 0.4) is 0 Å². The normalized spacial score (nSPS) is 16.4.